The Hall–Kier alpha value is -1.38. The first-order valence-electron chi connectivity index (χ1n) is 5.70. The molecule has 4 N–H and O–H groups in total. The molecule has 19 heavy (non-hydrogen) atoms. The molecule has 0 aliphatic heterocycles. The summed E-state index contributed by atoms with van der Waals surface area (Å²) in [5.41, 5.74) is 3.57. The van der Waals surface area contributed by atoms with Gasteiger partial charge in [0.05, 0.1) is 6.04 Å². The van der Waals surface area contributed by atoms with Gasteiger partial charge in [-0.3, -0.25) is 0 Å². The van der Waals surface area contributed by atoms with Crippen molar-refractivity contribution in [3.8, 4) is 0 Å². The summed E-state index contributed by atoms with van der Waals surface area (Å²) in [5, 5.41) is 7.04. The number of hydrogen-bond acceptors (Lipinski definition) is 8. The Bertz CT molecular complexity index is 534. The monoisotopic (exact) mass is 296 g/mol. The number of hydrazine groups is 1. The number of thiazole rings is 1. The summed E-state index contributed by atoms with van der Waals surface area (Å²) < 4.78 is 0. The molecule has 2 heterocycles. The lowest BCUT2D eigenvalue weighted by Crippen LogP contribution is -2.12. The summed E-state index contributed by atoms with van der Waals surface area (Å²) in [4.78, 5) is 13.1. The van der Waals surface area contributed by atoms with Crippen LogP contribution in [0.1, 0.15) is 23.7 Å². The molecule has 102 valence electrons. The third-order valence-corrected chi connectivity index (χ3v) is 4.10. The number of aryl methyl sites for hydroxylation is 1. The maximum atomic E-state index is 5.40. The lowest BCUT2D eigenvalue weighted by atomic mass is 10.3. The Labute approximate surface area is 120 Å². The van der Waals surface area contributed by atoms with E-state index >= 15 is 0 Å². The topological polar surface area (TPSA) is 88.8 Å². The van der Waals surface area contributed by atoms with Crippen LogP contribution < -0.4 is 16.6 Å². The van der Waals surface area contributed by atoms with Gasteiger partial charge in [-0.15, -0.1) is 11.3 Å². The van der Waals surface area contributed by atoms with E-state index in [1.165, 1.54) is 11.8 Å². The summed E-state index contributed by atoms with van der Waals surface area (Å²) in [5.74, 6) is 6.72. The minimum Gasteiger partial charge on any atom is -0.361 e. The molecule has 1 unspecified atom stereocenters. The normalized spacial score (nSPS) is 12.2. The number of nitrogens with one attached hydrogen (secondary N) is 2. The zero-order chi connectivity index (χ0) is 13.8. The fourth-order valence-electron chi connectivity index (χ4n) is 1.52. The van der Waals surface area contributed by atoms with Crippen LogP contribution in [0.15, 0.2) is 16.6 Å². The summed E-state index contributed by atoms with van der Waals surface area (Å²) in [7, 11) is 0. The molecule has 0 aliphatic rings. The van der Waals surface area contributed by atoms with E-state index in [9.17, 15) is 0 Å². The number of nitrogens with two attached hydrogens (primary N) is 1. The van der Waals surface area contributed by atoms with E-state index in [0.29, 0.717) is 11.0 Å². The number of nitrogens with zero attached hydrogens (tertiary/aromatic N) is 3. The predicted molar refractivity (Wildman–Crippen MR) is 80.5 cm³/mol. The van der Waals surface area contributed by atoms with Crippen molar-refractivity contribution in [2.75, 3.05) is 17.0 Å². The molecule has 2 rings (SSSR count). The third kappa shape index (κ3) is 3.55. The van der Waals surface area contributed by atoms with Gasteiger partial charge in [-0.25, -0.2) is 20.8 Å². The molecule has 0 saturated carbocycles. The van der Waals surface area contributed by atoms with Crippen molar-refractivity contribution >= 4 is 34.7 Å². The number of nitrogen functional groups attached to an aromatic ring is 1. The fourth-order valence-corrected chi connectivity index (χ4v) is 2.70. The van der Waals surface area contributed by atoms with Gasteiger partial charge < -0.3 is 10.7 Å². The summed E-state index contributed by atoms with van der Waals surface area (Å²) in [6.45, 7) is 4.04. The first-order valence-corrected chi connectivity index (χ1v) is 7.81. The molecule has 0 aromatic carbocycles. The van der Waals surface area contributed by atoms with Crippen molar-refractivity contribution < 1.29 is 0 Å². The van der Waals surface area contributed by atoms with E-state index in [4.69, 9.17) is 5.84 Å². The SMILES string of the molecule is CSc1nc(NN)cc(NC(C)c2nc(C)cs2)n1. The van der Waals surface area contributed by atoms with Gasteiger partial charge in [0.25, 0.3) is 0 Å². The van der Waals surface area contributed by atoms with Gasteiger partial charge in [0.1, 0.15) is 16.6 Å². The highest BCUT2D eigenvalue weighted by Gasteiger charge is 2.11. The predicted octanol–water partition coefficient (Wildman–Crippen LogP) is 2.42. The van der Waals surface area contributed by atoms with Crippen molar-refractivity contribution in [1.82, 2.24) is 15.0 Å². The number of anilines is 2. The summed E-state index contributed by atoms with van der Waals surface area (Å²) in [6, 6.07) is 1.87. The number of hydrogen-bond donors (Lipinski definition) is 3. The van der Waals surface area contributed by atoms with Crippen LogP contribution in [-0.4, -0.2) is 21.2 Å². The van der Waals surface area contributed by atoms with E-state index in [0.717, 1.165) is 16.5 Å². The van der Waals surface area contributed by atoms with Crippen molar-refractivity contribution in [2.24, 2.45) is 5.84 Å². The van der Waals surface area contributed by atoms with Gasteiger partial charge in [0.15, 0.2) is 5.16 Å². The zero-order valence-corrected chi connectivity index (χ0v) is 12.6. The minimum absolute atomic E-state index is 0.0916. The third-order valence-electron chi connectivity index (χ3n) is 2.41. The van der Waals surface area contributed by atoms with Gasteiger partial charge in [-0.2, -0.15) is 0 Å². The first-order chi connectivity index (χ1) is 9.12. The Kier molecular flexibility index (Phi) is 4.56. The highest BCUT2D eigenvalue weighted by atomic mass is 32.2. The smallest absolute Gasteiger partial charge is 0.191 e. The molecule has 0 bridgehead atoms. The van der Waals surface area contributed by atoms with Crippen molar-refractivity contribution in [3.05, 3.63) is 22.1 Å². The zero-order valence-electron chi connectivity index (χ0n) is 11.0. The molecule has 0 radical (unpaired) electrons. The second-order valence-corrected chi connectivity index (χ2v) is 5.63. The second kappa shape index (κ2) is 6.18. The van der Waals surface area contributed by atoms with E-state index in [2.05, 4.69) is 32.6 Å². The Morgan fingerprint density at radius 1 is 1.32 bits per heavy atom. The molecular formula is C11H16N6S2. The van der Waals surface area contributed by atoms with Gasteiger partial charge in [-0.05, 0) is 20.1 Å². The van der Waals surface area contributed by atoms with Crippen LogP contribution in [0.5, 0.6) is 0 Å². The van der Waals surface area contributed by atoms with Crippen molar-refractivity contribution in [1.29, 1.82) is 0 Å². The maximum absolute atomic E-state index is 5.40. The highest BCUT2D eigenvalue weighted by molar-refractivity contribution is 7.98. The average Bonchev–Trinajstić information content (AvgIpc) is 2.85. The molecule has 0 fully saturated rings. The molecule has 2 aromatic rings. The fraction of sp³-hybridized carbons (Fsp3) is 0.364. The molecule has 8 heteroatoms. The van der Waals surface area contributed by atoms with Crippen LogP contribution >= 0.6 is 23.1 Å². The second-order valence-electron chi connectivity index (χ2n) is 3.96. The standard InChI is InChI=1S/C11H16N6S2/c1-6-5-19-10(13-6)7(2)14-8-4-9(17-12)16-11(15-8)18-3/h4-5,7H,12H2,1-3H3,(H2,14,15,16,17). The van der Waals surface area contributed by atoms with Gasteiger partial charge in [-0.1, -0.05) is 11.8 Å². The van der Waals surface area contributed by atoms with Crippen LogP contribution in [-0.2, 0) is 0 Å². The largest absolute Gasteiger partial charge is 0.361 e. The lowest BCUT2D eigenvalue weighted by Gasteiger charge is -2.13. The van der Waals surface area contributed by atoms with Crippen LogP contribution in [0, 0.1) is 6.92 Å². The molecular weight excluding hydrogens is 280 g/mol. The quantitative estimate of drug-likeness (QED) is 0.338. The molecule has 6 nitrogen and oxygen atoms in total. The number of thioether (sulfide) groups is 1. The van der Waals surface area contributed by atoms with Crippen molar-refractivity contribution in [2.45, 2.75) is 25.0 Å². The van der Waals surface area contributed by atoms with Crippen molar-refractivity contribution in [3.63, 3.8) is 0 Å². The molecule has 0 aliphatic carbocycles. The molecule has 0 amide bonds. The lowest BCUT2D eigenvalue weighted by molar-refractivity contribution is 0.841. The Morgan fingerprint density at radius 2 is 2.05 bits per heavy atom. The average molecular weight is 296 g/mol. The Balaban J connectivity index is 2.18. The van der Waals surface area contributed by atoms with E-state index in [-0.39, 0.29) is 6.04 Å². The van der Waals surface area contributed by atoms with Crippen LogP contribution in [0.4, 0.5) is 11.6 Å². The van der Waals surface area contributed by atoms with Crippen LogP contribution in [0.2, 0.25) is 0 Å². The van der Waals surface area contributed by atoms with Crippen LogP contribution in [0.25, 0.3) is 0 Å². The summed E-state index contributed by atoms with van der Waals surface area (Å²) in [6.07, 6.45) is 1.92. The van der Waals surface area contributed by atoms with E-state index in [1.807, 2.05) is 18.6 Å². The van der Waals surface area contributed by atoms with Gasteiger partial charge >= 0.3 is 0 Å². The molecule has 0 saturated heterocycles. The van der Waals surface area contributed by atoms with Crippen LogP contribution in [0.3, 0.4) is 0 Å². The summed E-state index contributed by atoms with van der Waals surface area (Å²) >= 11 is 3.10. The maximum Gasteiger partial charge on any atom is 0.191 e. The van der Waals surface area contributed by atoms with Gasteiger partial charge in [0, 0.05) is 17.1 Å². The Morgan fingerprint density at radius 3 is 2.63 bits per heavy atom. The minimum atomic E-state index is 0.0916. The molecule has 2 aromatic heterocycles. The number of rotatable bonds is 5. The first kappa shape index (κ1) is 14.0. The van der Waals surface area contributed by atoms with E-state index in [1.54, 1.807) is 17.4 Å². The molecule has 1 atom stereocenters. The highest BCUT2D eigenvalue weighted by Crippen LogP contribution is 2.23. The van der Waals surface area contributed by atoms with E-state index < -0.39 is 0 Å². The van der Waals surface area contributed by atoms with Gasteiger partial charge in [0.2, 0.25) is 0 Å². The molecule has 0 spiro atoms. The number of aromatic nitrogens is 3.